The summed E-state index contributed by atoms with van der Waals surface area (Å²) in [5.41, 5.74) is 0.892. The molecule has 0 aliphatic carbocycles. The number of alkyl halides is 3. The largest absolute Gasteiger partial charge is 0.416 e. The standard InChI is InChI=1S/C20H15F3N4O2S/c1-11-5-7-12(8-6-11)17-24-19(26-25-17)30-15-10-16(28)27(18(15)29)14-4-2-3-13(9-14)20(21,22)23/h2-9,15H,10H2,1H3,(H,24,25,26)/t15-/m1/s1. The highest BCUT2D eigenvalue weighted by Gasteiger charge is 2.41. The number of nitrogens with one attached hydrogen (secondary N) is 1. The molecule has 2 aromatic carbocycles. The van der Waals surface area contributed by atoms with Gasteiger partial charge in [-0.2, -0.15) is 13.2 Å². The predicted octanol–water partition coefficient (Wildman–Crippen LogP) is 4.22. The van der Waals surface area contributed by atoms with Crippen LogP contribution in [0.4, 0.5) is 18.9 Å². The van der Waals surface area contributed by atoms with Gasteiger partial charge in [0.15, 0.2) is 5.82 Å². The number of nitrogens with zero attached hydrogens (tertiary/aromatic N) is 3. The van der Waals surface area contributed by atoms with Crippen LogP contribution < -0.4 is 4.90 Å². The Morgan fingerprint density at radius 2 is 1.87 bits per heavy atom. The first kappa shape index (κ1) is 20.1. The van der Waals surface area contributed by atoms with E-state index in [9.17, 15) is 22.8 Å². The van der Waals surface area contributed by atoms with Crippen LogP contribution in [0.5, 0.6) is 0 Å². The lowest BCUT2D eigenvalue weighted by Crippen LogP contribution is -2.31. The first-order chi connectivity index (χ1) is 14.2. The lowest BCUT2D eigenvalue weighted by Gasteiger charge is -2.16. The Bertz CT molecular complexity index is 1110. The van der Waals surface area contributed by atoms with Crippen molar-refractivity contribution in [3.05, 3.63) is 59.7 Å². The van der Waals surface area contributed by atoms with Crippen LogP contribution in [0.3, 0.4) is 0 Å². The Morgan fingerprint density at radius 3 is 2.57 bits per heavy atom. The maximum atomic E-state index is 13.0. The van der Waals surface area contributed by atoms with E-state index >= 15 is 0 Å². The summed E-state index contributed by atoms with van der Waals surface area (Å²) in [6.07, 6.45) is -4.71. The molecule has 1 atom stereocenters. The van der Waals surface area contributed by atoms with Gasteiger partial charge in [-0.3, -0.25) is 14.7 Å². The number of anilines is 1. The van der Waals surface area contributed by atoms with Crippen molar-refractivity contribution in [1.29, 1.82) is 0 Å². The number of aryl methyl sites for hydroxylation is 1. The average Bonchev–Trinajstić information content (AvgIpc) is 3.26. The van der Waals surface area contributed by atoms with Gasteiger partial charge in [-0.05, 0) is 25.1 Å². The highest BCUT2D eigenvalue weighted by atomic mass is 32.2. The van der Waals surface area contributed by atoms with Crippen molar-refractivity contribution in [2.75, 3.05) is 4.90 Å². The molecule has 0 saturated carbocycles. The van der Waals surface area contributed by atoms with E-state index in [0.717, 1.165) is 39.9 Å². The van der Waals surface area contributed by atoms with Gasteiger partial charge < -0.3 is 0 Å². The third kappa shape index (κ3) is 3.95. The maximum absolute atomic E-state index is 13.0. The Balaban J connectivity index is 1.52. The van der Waals surface area contributed by atoms with Crippen molar-refractivity contribution in [3.63, 3.8) is 0 Å². The molecule has 0 radical (unpaired) electrons. The zero-order valence-corrected chi connectivity index (χ0v) is 16.4. The normalized spacial score (nSPS) is 17.1. The number of rotatable bonds is 4. The van der Waals surface area contributed by atoms with Gasteiger partial charge in [-0.15, -0.1) is 5.10 Å². The molecule has 4 rings (SSSR count). The van der Waals surface area contributed by atoms with Gasteiger partial charge in [0.05, 0.1) is 11.3 Å². The zero-order chi connectivity index (χ0) is 21.5. The van der Waals surface area contributed by atoms with E-state index in [1.165, 1.54) is 12.1 Å². The van der Waals surface area contributed by atoms with E-state index in [0.29, 0.717) is 5.82 Å². The van der Waals surface area contributed by atoms with Gasteiger partial charge in [0.1, 0.15) is 5.25 Å². The van der Waals surface area contributed by atoms with Crippen LogP contribution in [0.25, 0.3) is 11.4 Å². The van der Waals surface area contributed by atoms with E-state index in [1.54, 1.807) is 0 Å². The summed E-state index contributed by atoms with van der Waals surface area (Å²) in [6, 6.07) is 11.8. The van der Waals surface area contributed by atoms with Gasteiger partial charge in [0.25, 0.3) is 0 Å². The molecule has 30 heavy (non-hydrogen) atoms. The Morgan fingerprint density at radius 1 is 1.13 bits per heavy atom. The number of carbonyl (C=O) groups is 2. The average molecular weight is 432 g/mol. The number of hydrogen-bond acceptors (Lipinski definition) is 5. The monoisotopic (exact) mass is 432 g/mol. The van der Waals surface area contributed by atoms with Crippen molar-refractivity contribution >= 4 is 29.3 Å². The van der Waals surface area contributed by atoms with Crippen LogP contribution in [-0.2, 0) is 15.8 Å². The molecule has 0 bridgehead atoms. The van der Waals surface area contributed by atoms with Gasteiger partial charge in [0.2, 0.25) is 17.0 Å². The summed E-state index contributed by atoms with van der Waals surface area (Å²) < 4.78 is 38.9. The summed E-state index contributed by atoms with van der Waals surface area (Å²) >= 11 is 1.00. The van der Waals surface area contributed by atoms with Crippen LogP contribution >= 0.6 is 11.8 Å². The van der Waals surface area contributed by atoms with Crippen LogP contribution in [0.1, 0.15) is 17.5 Å². The van der Waals surface area contributed by atoms with Crippen molar-refractivity contribution in [2.45, 2.75) is 29.9 Å². The zero-order valence-electron chi connectivity index (χ0n) is 15.6. The number of halogens is 3. The molecule has 1 aliphatic rings. The number of aromatic amines is 1. The maximum Gasteiger partial charge on any atom is 0.416 e. The number of H-pyrrole nitrogens is 1. The second-order valence-electron chi connectivity index (χ2n) is 6.76. The minimum atomic E-state index is -4.57. The molecule has 1 saturated heterocycles. The number of benzene rings is 2. The lowest BCUT2D eigenvalue weighted by atomic mass is 10.1. The molecular formula is C20H15F3N4O2S. The minimum absolute atomic E-state index is 0.0988. The number of hydrogen-bond donors (Lipinski definition) is 1. The molecule has 0 unspecified atom stereocenters. The lowest BCUT2D eigenvalue weighted by molar-refractivity contribution is -0.137. The molecule has 10 heteroatoms. The highest BCUT2D eigenvalue weighted by molar-refractivity contribution is 8.00. The molecule has 6 nitrogen and oxygen atoms in total. The van der Waals surface area contributed by atoms with E-state index in [1.807, 2.05) is 31.2 Å². The van der Waals surface area contributed by atoms with Gasteiger partial charge in [-0.1, -0.05) is 47.7 Å². The van der Waals surface area contributed by atoms with E-state index in [2.05, 4.69) is 15.2 Å². The smallest absolute Gasteiger partial charge is 0.274 e. The summed E-state index contributed by atoms with van der Waals surface area (Å²) in [6.45, 7) is 1.96. The number of aromatic nitrogens is 3. The van der Waals surface area contributed by atoms with Crippen molar-refractivity contribution < 1.29 is 22.8 Å². The number of imide groups is 1. The predicted molar refractivity (Wildman–Crippen MR) is 105 cm³/mol. The first-order valence-corrected chi connectivity index (χ1v) is 9.80. The quantitative estimate of drug-likeness (QED) is 0.625. The highest BCUT2D eigenvalue weighted by Crippen LogP contribution is 2.36. The third-order valence-corrected chi connectivity index (χ3v) is 5.62. The molecule has 0 spiro atoms. The fourth-order valence-electron chi connectivity index (χ4n) is 3.06. The fourth-order valence-corrected chi connectivity index (χ4v) is 3.98. The summed E-state index contributed by atoms with van der Waals surface area (Å²) in [7, 11) is 0. The van der Waals surface area contributed by atoms with E-state index < -0.39 is 28.8 Å². The summed E-state index contributed by atoms with van der Waals surface area (Å²) in [5, 5.41) is 6.34. The molecular weight excluding hydrogens is 417 g/mol. The van der Waals surface area contributed by atoms with Gasteiger partial charge in [-0.25, -0.2) is 9.88 Å². The van der Waals surface area contributed by atoms with Gasteiger partial charge in [0, 0.05) is 12.0 Å². The second kappa shape index (κ2) is 7.60. The Labute approximate surface area is 173 Å². The summed E-state index contributed by atoms with van der Waals surface area (Å²) in [5.74, 6) is -0.638. The molecule has 2 heterocycles. The number of thioether (sulfide) groups is 1. The SMILES string of the molecule is Cc1ccc(-c2nc(S[C@@H]3CC(=O)N(c4cccc(C(F)(F)F)c4)C3=O)n[nH]2)cc1. The minimum Gasteiger partial charge on any atom is -0.274 e. The molecule has 1 N–H and O–H groups in total. The summed E-state index contributed by atoms with van der Waals surface area (Å²) in [4.78, 5) is 30.2. The Hall–Kier alpha value is -3.14. The van der Waals surface area contributed by atoms with E-state index in [4.69, 9.17) is 0 Å². The van der Waals surface area contributed by atoms with E-state index in [-0.39, 0.29) is 17.3 Å². The molecule has 1 aromatic heterocycles. The van der Waals surface area contributed by atoms with Crippen LogP contribution in [-0.4, -0.2) is 32.2 Å². The molecule has 3 aromatic rings. The topological polar surface area (TPSA) is 79.0 Å². The fraction of sp³-hybridized carbons (Fsp3) is 0.200. The Kier molecular flexibility index (Phi) is 5.10. The number of carbonyl (C=O) groups excluding carboxylic acids is 2. The van der Waals surface area contributed by atoms with Crippen LogP contribution in [0, 0.1) is 6.92 Å². The third-order valence-electron chi connectivity index (χ3n) is 4.57. The van der Waals surface area contributed by atoms with Crippen LogP contribution in [0.15, 0.2) is 53.7 Å². The van der Waals surface area contributed by atoms with Crippen molar-refractivity contribution in [3.8, 4) is 11.4 Å². The van der Waals surface area contributed by atoms with Crippen molar-refractivity contribution in [1.82, 2.24) is 15.2 Å². The molecule has 1 fully saturated rings. The van der Waals surface area contributed by atoms with Crippen molar-refractivity contribution in [2.24, 2.45) is 0 Å². The van der Waals surface area contributed by atoms with Gasteiger partial charge >= 0.3 is 6.18 Å². The first-order valence-electron chi connectivity index (χ1n) is 8.92. The second-order valence-corrected chi connectivity index (χ2v) is 7.93. The van der Waals surface area contributed by atoms with Crippen LogP contribution in [0.2, 0.25) is 0 Å². The number of amides is 2. The molecule has 2 amide bonds. The molecule has 154 valence electrons. The molecule has 1 aliphatic heterocycles.